The Hall–Kier alpha value is -4.52. The van der Waals surface area contributed by atoms with Crippen molar-refractivity contribution in [1.82, 2.24) is 20.1 Å². The number of rotatable bonds is 7. The van der Waals surface area contributed by atoms with Gasteiger partial charge in [0.1, 0.15) is 5.75 Å². The molecular weight excluding hydrogens is 440 g/mol. The zero-order valence-electron chi connectivity index (χ0n) is 19.3. The molecule has 2 aromatic heterocycles. The molecule has 0 bridgehead atoms. The summed E-state index contributed by atoms with van der Waals surface area (Å²) >= 11 is 0. The molecule has 1 N–H and O–H groups in total. The van der Waals surface area contributed by atoms with Crippen molar-refractivity contribution in [1.29, 1.82) is 0 Å². The molecule has 174 valence electrons. The van der Waals surface area contributed by atoms with Crippen LogP contribution in [0.1, 0.15) is 28.5 Å². The van der Waals surface area contributed by atoms with Gasteiger partial charge in [0.05, 0.1) is 36.3 Å². The molecule has 0 aliphatic rings. The fourth-order valence-corrected chi connectivity index (χ4v) is 4.22. The molecule has 7 heteroatoms. The Morgan fingerprint density at radius 3 is 2.49 bits per heavy atom. The number of benzene rings is 3. The summed E-state index contributed by atoms with van der Waals surface area (Å²) < 4.78 is 7.18. The molecule has 0 radical (unpaired) electrons. The van der Waals surface area contributed by atoms with E-state index in [1.807, 2.05) is 73.7 Å². The summed E-state index contributed by atoms with van der Waals surface area (Å²) in [6.07, 6.45) is 3.39. The van der Waals surface area contributed by atoms with E-state index in [4.69, 9.17) is 4.74 Å². The Balaban J connectivity index is 1.51. The topological polar surface area (TPSA) is 86.1 Å². The molecule has 5 rings (SSSR count). The maximum absolute atomic E-state index is 13.4. The van der Waals surface area contributed by atoms with Gasteiger partial charge in [-0.05, 0) is 41.5 Å². The van der Waals surface area contributed by atoms with Crippen molar-refractivity contribution in [3.8, 4) is 5.75 Å². The van der Waals surface area contributed by atoms with E-state index in [9.17, 15) is 9.59 Å². The molecule has 0 spiro atoms. The van der Waals surface area contributed by atoms with Gasteiger partial charge in [-0.25, -0.2) is 4.68 Å². The molecule has 35 heavy (non-hydrogen) atoms. The Kier molecular flexibility index (Phi) is 6.22. The smallest absolute Gasteiger partial charge is 0.274 e. The molecular formula is C28H24N4O3. The van der Waals surface area contributed by atoms with E-state index in [0.29, 0.717) is 34.4 Å². The van der Waals surface area contributed by atoms with Crippen LogP contribution in [0.15, 0.2) is 90.0 Å². The first-order valence-electron chi connectivity index (χ1n) is 11.5. The van der Waals surface area contributed by atoms with Crippen molar-refractivity contribution in [3.63, 3.8) is 0 Å². The molecule has 0 saturated heterocycles. The second kappa shape index (κ2) is 9.77. The number of nitrogens with zero attached hydrogens (tertiary/aromatic N) is 3. The lowest BCUT2D eigenvalue weighted by Gasteiger charge is -2.15. The van der Waals surface area contributed by atoms with Gasteiger partial charge in [-0.15, -0.1) is 0 Å². The molecule has 0 saturated carbocycles. The maximum atomic E-state index is 13.4. The van der Waals surface area contributed by atoms with E-state index in [2.05, 4.69) is 15.4 Å². The standard InChI is InChI=1S/C28H24N4O3/c1-2-35-25-14-13-20-9-3-4-10-21(20)26(25)27(33)30-17-24-22-11-5-6-12-23(22)28(34)32(31-24)18-19-8-7-15-29-16-19/h3-16H,2,17-18H2,1H3,(H,30,33). The summed E-state index contributed by atoms with van der Waals surface area (Å²) in [7, 11) is 0. The van der Waals surface area contributed by atoms with Gasteiger partial charge in [-0.2, -0.15) is 5.10 Å². The molecule has 0 aliphatic heterocycles. The minimum absolute atomic E-state index is 0.154. The number of hydrogen-bond donors (Lipinski definition) is 1. The van der Waals surface area contributed by atoms with E-state index in [0.717, 1.165) is 16.3 Å². The molecule has 0 atom stereocenters. The first-order chi connectivity index (χ1) is 17.2. The van der Waals surface area contributed by atoms with Gasteiger partial charge in [-0.3, -0.25) is 14.6 Å². The Morgan fingerprint density at radius 1 is 0.943 bits per heavy atom. The lowest BCUT2D eigenvalue weighted by molar-refractivity contribution is 0.0948. The van der Waals surface area contributed by atoms with Gasteiger partial charge in [0.25, 0.3) is 11.5 Å². The summed E-state index contributed by atoms with van der Waals surface area (Å²) in [6, 6.07) is 22.5. The molecule has 0 fully saturated rings. The molecule has 5 aromatic rings. The van der Waals surface area contributed by atoms with Crippen molar-refractivity contribution in [3.05, 3.63) is 112 Å². The summed E-state index contributed by atoms with van der Waals surface area (Å²) in [5, 5.41) is 10.6. The summed E-state index contributed by atoms with van der Waals surface area (Å²) in [5.74, 6) is 0.268. The highest BCUT2D eigenvalue weighted by Crippen LogP contribution is 2.28. The van der Waals surface area contributed by atoms with E-state index >= 15 is 0 Å². The van der Waals surface area contributed by atoms with Crippen LogP contribution in [0.3, 0.4) is 0 Å². The number of nitrogens with one attached hydrogen (secondary N) is 1. The number of aromatic nitrogens is 3. The number of carbonyl (C=O) groups excluding carboxylic acids is 1. The van der Waals surface area contributed by atoms with Gasteiger partial charge in [0.15, 0.2) is 0 Å². The first kappa shape index (κ1) is 22.3. The van der Waals surface area contributed by atoms with Crippen molar-refractivity contribution in [2.75, 3.05) is 6.61 Å². The summed E-state index contributed by atoms with van der Waals surface area (Å²) in [5.41, 5.74) is 1.77. The van der Waals surface area contributed by atoms with Gasteiger partial charge in [0, 0.05) is 17.8 Å². The van der Waals surface area contributed by atoms with Crippen molar-refractivity contribution in [2.45, 2.75) is 20.0 Å². The summed E-state index contributed by atoms with van der Waals surface area (Å²) in [4.78, 5) is 30.6. The third-order valence-electron chi connectivity index (χ3n) is 5.83. The van der Waals surface area contributed by atoms with Crippen LogP contribution in [0.25, 0.3) is 21.5 Å². The highest BCUT2D eigenvalue weighted by molar-refractivity contribution is 6.09. The minimum atomic E-state index is -0.263. The lowest BCUT2D eigenvalue weighted by atomic mass is 10.0. The molecule has 1 amide bonds. The van der Waals surface area contributed by atoms with E-state index in [1.54, 1.807) is 18.5 Å². The second-order valence-electron chi connectivity index (χ2n) is 8.09. The van der Waals surface area contributed by atoms with Crippen LogP contribution in [-0.2, 0) is 13.1 Å². The highest BCUT2D eigenvalue weighted by Gasteiger charge is 2.18. The SMILES string of the molecule is CCOc1ccc2ccccc2c1C(=O)NCc1nn(Cc2cccnc2)c(=O)c2ccccc12. The monoisotopic (exact) mass is 464 g/mol. The number of ether oxygens (including phenoxy) is 1. The quantitative estimate of drug-likeness (QED) is 0.388. The van der Waals surface area contributed by atoms with Gasteiger partial charge < -0.3 is 10.1 Å². The van der Waals surface area contributed by atoms with Gasteiger partial charge >= 0.3 is 0 Å². The zero-order chi connectivity index (χ0) is 24.2. The van der Waals surface area contributed by atoms with Crippen molar-refractivity contribution in [2.24, 2.45) is 0 Å². The third kappa shape index (κ3) is 4.48. The van der Waals surface area contributed by atoms with E-state index in [1.165, 1.54) is 4.68 Å². The summed E-state index contributed by atoms with van der Waals surface area (Å²) in [6.45, 7) is 2.78. The number of hydrogen-bond acceptors (Lipinski definition) is 5. The third-order valence-corrected chi connectivity index (χ3v) is 5.83. The van der Waals surface area contributed by atoms with Crippen LogP contribution < -0.4 is 15.6 Å². The molecule has 7 nitrogen and oxygen atoms in total. The number of pyridine rings is 1. The number of amides is 1. The average Bonchev–Trinajstić information content (AvgIpc) is 2.90. The minimum Gasteiger partial charge on any atom is -0.493 e. The van der Waals surface area contributed by atoms with Crippen LogP contribution in [0.4, 0.5) is 0 Å². The predicted octanol–water partition coefficient (Wildman–Crippen LogP) is 4.32. The van der Waals surface area contributed by atoms with Crippen LogP contribution >= 0.6 is 0 Å². The highest BCUT2D eigenvalue weighted by atomic mass is 16.5. The second-order valence-corrected chi connectivity index (χ2v) is 8.09. The Morgan fingerprint density at radius 2 is 1.71 bits per heavy atom. The predicted molar refractivity (Wildman–Crippen MR) is 136 cm³/mol. The number of carbonyl (C=O) groups is 1. The zero-order valence-corrected chi connectivity index (χ0v) is 19.3. The van der Waals surface area contributed by atoms with Crippen LogP contribution in [-0.4, -0.2) is 27.3 Å². The fraction of sp³-hybridized carbons (Fsp3) is 0.143. The van der Waals surface area contributed by atoms with Crippen LogP contribution in [0, 0.1) is 0 Å². The molecule has 0 aliphatic carbocycles. The van der Waals surface area contributed by atoms with Crippen LogP contribution in [0.2, 0.25) is 0 Å². The lowest BCUT2D eigenvalue weighted by Crippen LogP contribution is -2.29. The number of fused-ring (bicyclic) bond motifs is 2. The Bertz CT molecular complexity index is 1580. The first-order valence-corrected chi connectivity index (χ1v) is 11.5. The normalized spacial score (nSPS) is 11.0. The van der Waals surface area contributed by atoms with Gasteiger partial charge in [0.2, 0.25) is 0 Å². The van der Waals surface area contributed by atoms with Crippen molar-refractivity contribution < 1.29 is 9.53 Å². The van der Waals surface area contributed by atoms with Crippen molar-refractivity contribution >= 4 is 27.5 Å². The Labute approximate surface area is 202 Å². The maximum Gasteiger partial charge on any atom is 0.274 e. The average molecular weight is 465 g/mol. The van der Waals surface area contributed by atoms with Gasteiger partial charge in [-0.1, -0.05) is 54.6 Å². The van der Waals surface area contributed by atoms with E-state index in [-0.39, 0.29) is 24.6 Å². The molecule has 2 heterocycles. The van der Waals surface area contributed by atoms with E-state index < -0.39 is 0 Å². The largest absolute Gasteiger partial charge is 0.493 e. The fourth-order valence-electron chi connectivity index (χ4n) is 4.22. The van der Waals surface area contributed by atoms with Crippen LogP contribution in [0.5, 0.6) is 5.75 Å². The molecule has 3 aromatic carbocycles. The molecule has 0 unspecified atom stereocenters.